The zero-order valence-electron chi connectivity index (χ0n) is 9.75. The van der Waals surface area contributed by atoms with Crippen LogP contribution in [-0.2, 0) is 13.8 Å². The van der Waals surface area contributed by atoms with Gasteiger partial charge in [0.25, 0.3) is 0 Å². The monoisotopic (exact) mass is 270 g/mol. The molecule has 0 aromatic heterocycles. The Balaban J connectivity index is 2.34. The third-order valence-corrected chi connectivity index (χ3v) is 3.26. The predicted molar refractivity (Wildman–Crippen MR) is 61.9 cm³/mol. The average Bonchev–Trinajstić information content (AvgIpc) is 2.27. The lowest BCUT2D eigenvalue weighted by Gasteiger charge is -2.33. The summed E-state index contributed by atoms with van der Waals surface area (Å²) in [5, 5.41) is 7.24. The Morgan fingerprint density at radius 1 is 1.35 bits per heavy atom. The predicted octanol–water partition coefficient (Wildman–Crippen LogP) is -0.699. The van der Waals surface area contributed by atoms with E-state index in [4.69, 9.17) is 19.6 Å². The minimum Gasteiger partial charge on any atom is -0.444 e. The van der Waals surface area contributed by atoms with Gasteiger partial charge in [-0.1, -0.05) is 0 Å². The highest BCUT2D eigenvalue weighted by Crippen LogP contribution is 2.35. The molecule has 0 aromatic carbocycles. The fraction of sp³-hybridized carbons (Fsp3) is 1.00. The summed E-state index contributed by atoms with van der Waals surface area (Å²) in [5.74, 6) is 0. The quantitative estimate of drug-likeness (QED) is 0.468. The Bertz CT molecular complexity index is 252. The molecule has 1 heterocycles. The second-order valence-corrected chi connectivity index (χ2v) is 5.19. The summed E-state index contributed by atoms with van der Waals surface area (Å²) < 4.78 is 20.2. The molecule has 8 heteroatoms. The van der Waals surface area contributed by atoms with Crippen LogP contribution >= 0.6 is 7.82 Å². The van der Waals surface area contributed by atoms with Gasteiger partial charge in [-0.15, -0.1) is 0 Å². The van der Waals surface area contributed by atoms with Crippen molar-refractivity contribution < 1.29 is 28.7 Å². The summed E-state index contributed by atoms with van der Waals surface area (Å²) in [4.78, 5) is 19.2. The van der Waals surface area contributed by atoms with Crippen molar-refractivity contribution in [3.05, 3.63) is 0 Å². The molecule has 1 saturated heterocycles. The van der Waals surface area contributed by atoms with Crippen LogP contribution in [-0.4, -0.2) is 65.4 Å². The molecule has 0 saturated carbocycles. The van der Waals surface area contributed by atoms with Gasteiger partial charge in [0.15, 0.2) is 6.61 Å². The van der Waals surface area contributed by atoms with E-state index in [2.05, 4.69) is 4.52 Å². The van der Waals surface area contributed by atoms with Crippen molar-refractivity contribution in [3.8, 4) is 0 Å². The van der Waals surface area contributed by atoms with Gasteiger partial charge in [-0.25, -0.2) is 4.57 Å². The highest BCUT2D eigenvalue weighted by atomic mass is 31.2. The van der Waals surface area contributed by atoms with E-state index < -0.39 is 7.82 Å². The highest BCUT2D eigenvalue weighted by Gasteiger charge is 2.22. The number of hydrogen-bond acceptors (Lipinski definition) is 4. The van der Waals surface area contributed by atoms with Crippen LogP contribution in [0.2, 0.25) is 0 Å². The maximum absolute atomic E-state index is 10.5. The third kappa shape index (κ3) is 6.47. The molecule has 0 amide bonds. The van der Waals surface area contributed by atoms with Gasteiger partial charge in [0.05, 0.1) is 13.2 Å². The molecule has 17 heavy (non-hydrogen) atoms. The van der Waals surface area contributed by atoms with E-state index in [1.165, 1.54) is 0 Å². The smallest absolute Gasteiger partial charge is 0.444 e. The number of ether oxygens (including phenoxy) is 1. The van der Waals surface area contributed by atoms with Crippen molar-refractivity contribution in [2.75, 3.05) is 39.5 Å². The van der Waals surface area contributed by atoms with Crippen LogP contribution in [0.3, 0.4) is 0 Å². The second-order valence-electron chi connectivity index (χ2n) is 3.95. The number of phosphoric ester groups is 1. The van der Waals surface area contributed by atoms with Crippen molar-refractivity contribution in [2.24, 2.45) is 0 Å². The molecule has 102 valence electrons. The van der Waals surface area contributed by atoms with Crippen molar-refractivity contribution >= 4 is 7.82 Å². The minimum atomic E-state index is -4.38. The Morgan fingerprint density at radius 3 is 2.53 bits per heavy atom. The SMILES string of the molecule is O=P(O)(O)OCCN(CC[OH2+])C1CCOCC1. The van der Waals surface area contributed by atoms with E-state index in [1.807, 2.05) is 4.90 Å². The van der Waals surface area contributed by atoms with E-state index in [9.17, 15) is 4.57 Å². The van der Waals surface area contributed by atoms with Crippen LogP contribution in [0.15, 0.2) is 0 Å². The molecule has 1 rings (SSSR count). The first kappa shape index (κ1) is 15.0. The number of phosphoric acid groups is 1. The van der Waals surface area contributed by atoms with Gasteiger partial charge in [-0.05, 0) is 12.8 Å². The van der Waals surface area contributed by atoms with Crippen molar-refractivity contribution in [3.63, 3.8) is 0 Å². The molecule has 7 nitrogen and oxygen atoms in total. The first-order chi connectivity index (χ1) is 8.03. The van der Waals surface area contributed by atoms with Gasteiger partial charge >= 0.3 is 7.82 Å². The van der Waals surface area contributed by atoms with Crippen molar-refractivity contribution in [1.29, 1.82) is 0 Å². The molecule has 1 fully saturated rings. The molecule has 0 bridgehead atoms. The molecule has 0 aromatic rings. The zero-order chi connectivity index (χ0) is 12.7. The number of nitrogens with zero attached hydrogens (tertiary/aromatic N) is 1. The van der Waals surface area contributed by atoms with Gasteiger partial charge in [-0.3, -0.25) is 9.42 Å². The molecular formula is C9H21NO6P+. The van der Waals surface area contributed by atoms with Gasteiger partial charge in [0, 0.05) is 25.8 Å². The molecule has 0 spiro atoms. The molecule has 0 unspecified atom stereocenters. The maximum Gasteiger partial charge on any atom is 0.469 e. The Hall–Kier alpha value is -0.0100. The molecule has 0 radical (unpaired) electrons. The van der Waals surface area contributed by atoms with Gasteiger partial charge in [0.2, 0.25) is 0 Å². The van der Waals surface area contributed by atoms with Crippen LogP contribution in [0.1, 0.15) is 12.8 Å². The zero-order valence-corrected chi connectivity index (χ0v) is 10.6. The van der Waals surface area contributed by atoms with Gasteiger partial charge in [-0.2, -0.15) is 0 Å². The molecule has 0 aliphatic carbocycles. The number of rotatable bonds is 7. The second kappa shape index (κ2) is 7.43. The molecule has 0 atom stereocenters. The van der Waals surface area contributed by atoms with Crippen molar-refractivity contribution in [1.82, 2.24) is 4.90 Å². The average molecular weight is 270 g/mol. The summed E-state index contributed by atoms with van der Waals surface area (Å²) in [6.45, 7) is 2.70. The van der Waals surface area contributed by atoms with Crippen LogP contribution in [0.5, 0.6) is 0 Å². The lowest BCUT2D eigenvalue weighted by atomic mass is 10.1. The first-order valence-electron chi connectivity index (χ1n) is 5.69. The Labute approximate surface area is 101 Å². The maximum atomic E-state index is 10.5. The van der Waals surface area contributed by atoms with E-state index in [0.29, 0.717) is 32.3 Å². The van der Waals surface area contributed by atoms with Crippen LogP contribution < -0.4 is 0 Å². The third-order valence-electron chi connectivity index (χ3n) is 2.74. The van der Waals surface area contributed by atoms with Gasteiger partial charge in [0.1, 0.15) is 0 Å². The molecule has 1 aliphatic heterocycles. The summed E-state index contributed by atoms with van der Waals surface area (Å²) >= 11 is 0. The first-order valence-corrected chi connectivity index (χ1v) is 7.22. The van der Waals surface area contributed by atoms with Crippen LogP contribution in [0.4, 0.5) is 0 Å². The summed E-state index contributed by atoms with van der Waals surface area (Å²) in [6, 6.07) is 0.328. The van der Waals surface area contributed by atoms with Crippen molar-refractivity contribution in [2.45, 2.75) is 18.9 Å². The summed E-state index contributed by atoms with van der Waals surface area (Å²) in [6.07, 6.45) is 1.80. The molecule has 1 aliphatic rings. The highest BCUT2D eigenvalue weighted by molar-refractivity contribution is 7.46. The van der Waals surface area contributed by atoms with E-state index in [-0.39, 0.29) is 13.2 Å². The fourth-order valence-electron chi connectivity index (χ4n) is 1.95. The van der Waals surface area contributed by atoms with E-state index in [1.54, 1.807) is 0 Å². The minimum absolute atomic E-state index is 0.0123. The standard InChI is InChI=1S/C9H20NO6P/c11-5-3-10(4-8-16-17(12,13)14)9-1-6-15-7-2-9/h9,11H,1-8H2,(H2,12,13,14)/p+1. The van der Waals surface area contributed by atoms with E-state index in [0.717, 1.165) is 12.8 Å². The van der Waals surface area contributed by atoms with Crippen LogP contribution in [0, 0.1) is 0 Å². The fourth-order valence-corrected chi connectivity index (χ4v) is 2.27. The topological polar surface area (TPSA) is 102 Å². The Kier molecular flexibility index (Phi) is 6.58. The van der Waals surface area contributed by atoms with E-state index >= 15 is 0 Å². The van der Waals surface area contributed by atoms with Gasteiger partial charge < -0.3 is 19.6 Å². The summed E-state index contributed by atoms with van der Waals surface area (Å²) in [5.41, 5.74) is 0. The normalized spacial score (nSPS) is 18.8. The molecule has 4 N–H and O–H groups in total. The largest absolute Gasteiger partial charge is 0.469 e. The number of hydrogen-bond donors (Lipinski definition) is 2. The Morgan fingerprint density at radius 2 is 2.00 bits per heavy atom. The van der Waals surface area contributed by atoms with Crippen LogP contribution in [0.25, 0.3) is 0 Å². The lowest BCUT2D eigenvalue weighted by Crippen LogP contribution is -2.42. The summed E-state index contributed by atoms with van der Waals surface area (Å²) in [7, 11) is -4.38. The molecular weight excluding hydrogens is 249 g/mol. The lowest BCUT2D eigenvalue weighted by molar-refractivity contribution is 0.0217.